The highest BCUT2D eigenvalue weighted by molar-refractivity contribution is 6.30. The zero-order valence-electron chi connectivity index (χ0n) is 13.1. The van der Waals surface area contributed by atoms with E-state index in [0.717, 1.165) is 5.56 Å². The number of ether oxygens (including phenoxy) is 2. The number of benzene rings is 2. The summed E-state index contributed by atoms with van der Waals surface area (Å²) in [4.78, 5) is 11.8. The average molecular weight is 335 g/mol. The third-order valence-corrected chi connectivity index (χ3v) is 3.46. The number of urea groups is 1. The molecule has 2 rings (SSSR count). The van der Waals surface area contributed by atoms with Gasteiger partial charge in [0.15, 0.2) is 11.5 Å². The Morgan fingerprint density at radius 2 is 1.87 bits per heavy atom. The van der Waals surface area contributed by atoms with Crippen molar-refractivity contribution in [2.75, 3.05) is 26.1 Å². The zero-order chi connectivity index (χ0) is 16.7. The monoisotopic (exact) mass is 334 g/mol. The van der Waals surface area contributed by atoms with E-state index in [1.165, 1.54) is 0 Å². The fourth-order valence-electron chi connectivity index (χ4n) is 2.10. The summed E-state index contributed by atoms with van der Waals surface area (Å²) < 4.78 is 10.5. The summed E-state index contributed by atoms with van der Waals surface area (Å²) in [5.74, 6) is 1.36. The molecule has 2 aromatic rings. The highest BCUT2D eigenvalue weighted by Gasteiger charge is 2.06. The molecule has 0 saturated heterocycles. The molecule has 0 atom stereocenters. The summed E-state index contributed by atoms with van der Waals surface area (Å²) in [6, 6.07) is 12.4. The first-order valence-electron chi connectivity index (χ1n) is 7.13. The fourth-order valence-corrected chi connectivity index (χ4v) is 2.29. The summed E-state index contributed by atoms with van der Waals surface area (Å²) in [6.07, 6.45) is 0.684. The maximum atomic E-state index is 11.8. The fraction of sp³-hybridized carbons (Fsp3) is 0.235. The number of rotatable bonds is 6. The number of carbonyl (C=O) groups excluding carboxylic acids is 1. The Bertz CT molecular complexity index is 677. The van der Waals surface area contributed by atoms with Crippen LogP contribution in [0, 0.1) is 0 Å². The summed E-state index contributed by atoms with van der Waals surface area (Å²) >= 11 is 5.87. The van der Waals surface area contributed by atoms with E-state index in [1.807, 2.05) is 18.2 Å². The topological polar surface area (TPSA) is 59.6 Å². The molecule has 0 aliphatic heterocycles. The van der Waals surface area contributed by atoms with Crippen molar-refractivity contribution in [1.29, 1.82) is 0 Å². The Hall–Kier alpha value is -2.40. The van der Waals surface area contributed by atoms with Crippen molar-refractivity contribution in [3.63, 3.8) is 0 Å². The maximum absolute atomic E-state index is 11.8. The van der Waals surface area contributed by atoms with E-state index in [-0.39, 0.29) is 6.03 Å². The highest BCUT2D eigenvalue weighted by Crippen LogP contribution is 2.27. The molecular formula is C17H19ClN2O3. The number of hydrogen-bond donors (Lipinski definition) is 2. The number of nitrogens with one attached hydrogen (secondary N) is 2. The van der Waals surface area contributed by atoms with Crippen molar-refractivity contribution >= 4 is 23.3 Å². The molecule has 6 heteroatoms. The van der Waals surface area contributed by atoms with Crippen LogP contribution in [-0.2, 0) is 6.42 Å². The van der Waals surface area contributed by atoms with E-state index in [0.29, 0.717) is 35.2 Å². The molecule has 0 aliphatic rings. The first-order chi connectivity index (χ1) is 11.1. The smallest absolute Gasteiger partial charge is 0.319 e. The van der Waals surface area contributed by atoms with Gasteiger partial charge in [0, 0.05) is 17.3 Å². The van der Waals surface area contributed by atoms with Crippen LogP contribution < -0.4 is 20.1 Å². The van der Waals surface area contributed by atoms with Crippen molar-refractivity contribution in [1.82, 2.24) is 5.32 Å². The molecule has 2 N–H and O–H groups in total. The predicted octanol–water partition coefficient (Wildman–Crippen LogP) is 3.72. The van der Waals surface area contributed by atoms with Gasteiger partial charge in [0.1, 0.15) is 0 Å². The van der Waals surface area contributed by atoms with Crippen molar-refractivity contribution in [3.8, 4) is 11.5 Å². The molecule has 2 aromatic carbocycles. The standard InChI is InChI=1S/C17H19ClN2O3/c1-22-15-7-6-12(10-16(15)23-2)8-9-19-17(21)20-14-5-3-4-13(18)11-14/h3-7,10-11H,8-9H2,1-2H3,(H2,19,20,21). The van der Waals surface area contributed by atoms with Gasteiger partial charge < -0.3 is 20.1 Å². The number of halogens is 1. The van der Waals surface area contributed by atoms with Gasteiger partial charge in [0.2, 0.25) is 0 Å². The van der Waals surface area contributed by atoms with Gasteiger partial charge in [0.05, 0.1) is 14.2 Å². The van der Waals surface area contributed by atoms with E-state index >= 15 is 0 Å². The van der Waals surface area contributed by atoms with Crippen LogP contribution in [0.2, 0.25) is 5.02 Å². The molecule has 0 bridgehead atoms. The lowest BCUT2D eigenvalue weighted by Gasteiger charge is -2.10. The summed E-state index contributed by atoms with van der Waals surface area (Å²) in [5, 5.41) is 6.11. The lowest BCUT2D eigenvalue weighted by atomic mass is 10.1. The van der Waals surface area contributed by atoms with E-state index in [4.69, 9.17) is 21.1 Å². The molecule has 0 heterocycles. The Morgan fingerprint density at radius 3 is 2.57 bits per heavy atom. The molecule has 2 amide bonds. The second-order valence-electron chi connectivity index (χ2n) is 4.83. The SMILES string of the molecule is COc1ccc(CCNC(=O)Nc2cccc(Cl)c2)cc1OC. The summed E-state index contributed by atoms with van der Waals surface area (Å²) in [7, 11) is 3.19. The van der Waals surface area contributed by atoms with Crippen LogP contribution in [0.1, 0.15) is 5.56 Å². The minimum atomic E-state index is -0.271. The number of anilines is 1. The molecule has 23 heavy (non-hydrogen) atoms. The molecule has 0 aliphatic carbocycles. The summed E-state index contributed by atoms with van der Waals surface area (Å²) in [6.45, 7) is 0.502. The average Bonchev–Trinajstić information content (AvgIpc) is 2.54. The number of hydrogen-bond acceptors (Lipinski definition) is 3. The normalized spacial score (nSPS) is 10.0. The second kappa shape index (κ2) is 8.29. The highest BCUT2D eigenvalue weighted by atomic mass is 35.5. The second-order valence-corrected chi connectivity index (χ2v) is 5.27. The molecule has 0 unspecified atom stereocenters. The van der Waals surface area contributed by atoms with E-state index in [1.54, 1.807) is 38.5 Å². The Kier molecular flexibility index (Phi) is 6.11. The lowest BCUT2D eigenvalue weighted by molar-refractivity contribution is 0.252. The van der Waals surface area contributed by atoms with Gasteiger partial charge in [-0.25, -0.2) is 4.79 Å². The van der Waals surface area contributed by atoms with Crippen LogP contribution in [0.15, 0.2) is 42.5 Å². The number of carbonyl (C=O) groups is 1. The zero-order valence-corrected chi connectivity index (χ0v) is 13.8. The van der Waals surface area contributed by atoms with Crippen LogP contribution in [0.3, 0.4) is 0 Å². The Morgan fingerprint density at radius 1 is 1.09 bits per heavy atom. The minimum absolute atomic E-state index is 0.271. The van der Waals surface area contributed by atoms with E-state index < -0.39 is 0 Å². The van der Waals surface area contributed by atoms with Gasteiger partial charge in [-0.05, 0) is 42.3 Å². The van der Waals surface area contributed by atoms with Crippen LogP contribution in [-0.4, -0.2) is 26.8 Å². The molecule has 0 aromatic heterocycles. The quantitative estimate of drug-likeness (QED) is 0.846. The first-order valence-corrected chi connectivity index (χ1v) is 7.51. The van der Waals surface area contributed by atoms with E-state index in [2.05, 4.69) is 10.6 Å². The van der Waals surface area contributed by atoms with Crippen LogP contribution in [0.4, 0.5) is 10.5 Å². The van der Waals surface area contributed by atoms with Crippen molar-refractivity contribution in [2.24, 2.45) is 0 Å². The van der Waals surface area contributed by atoms with Gasteiger partial charge in [-0.3, -0.25) is 0 Å². The third kappa shape index (κ3) is 5.07. The molecule has 0 spiro atoms. The number of methoxy groups -OCH3 is 2. The van der Waals surface area contributed by atoms with E-state index in [9.17, 15) is 4.79 Å². The molecule has 0 fully saturated rings. The van der Waals surface area contributed by atoms with Gasteiger partial charge in [0.25, 0.3) is 0 Å². The Labute approximate surface area is 140 Å². The lowest BCUT2D eigenvalue weighted by Crippen LogP contribution is -2.30. The van der Waals surface area contributed by atoms with Gasteiger partial charge in [-0.2, -0.15) is 0 Å². The molecule has 0 saturated carbocycles. The van der Waals surface area contributed by atoms with Crippen molar-refractivity contribution in [2.45, 2.75) is 6.42 Å². The first kappa shape index (κ1) is 17.0. The van der Waals surface area contributed by atoms with Crippen LogP contribution in [0.25, 0.3) is 0 Å². The predicted molar refractivity (Wildman–Crippen MR) is 91.7 cm³/mol. The molecule has 122 valence electrons. The van der Waals surface area contributed by atoms with Gasteiger partial charge in [-0.15, -0.1) is 0 Å². The largest absolute Gasteiger partial charge is 0.493 e. The van der Waals surface area contributed by atoms with Gasteiger partial charge in [-0.1, -0.05) is 23.7 Å². The maximum Gasteiger partial charge on any atom is 0.319 e. The summed E-state index contributed by atoms with van der Waals surface area (Å²) in [5.41, 5.74) is 1.70. The molecular weight excluding hydrogens is 316 g/mol. The minimum Gasteiger partial charge on any atom is -0.493 e. The van der Waals surface area contributed by atoms with Crippen LogP contribution in [0.5, 0.6) is 11.5 Å². The number of amides is 2. The Balaban J connectivity index is 1.83. The van der Waals surface area contributed by atoms with Crippen LogP contribution >= 0.6 is 11.6 Å². The van der Waals surface area contributed by atoms with Crippen molar-refractivity contribution < 1.29 is 14.3 Å². The molecule has 0 radical (unpaired) electrons. The molecule has 5 nitrogen and oxygen atoms in total. The van der Waals surface area contributed by atoms with Crippen molar-refractivity contribution in [3.05, 3.63) is 53.1 Å². The van der Waals surface area contributed by atoms with Gasteiger partial charge >= 0.3 is 6.03 Å². The third-order valence-electron chi connectivity index (χ3n) is 3.23.